The first-order chi connectivity index (χ1) is 10.6. The predicted molar refractivity (Wildman–Crippen MR) is 91.2 cm³/mol. The highest BCUT2D eigenvalue weighted by molar-refractivity contribution is 9.10. The summed E-state index contributed by atoms with van der Waals surface area (Å²) >= 11 is 3.45. The Kier molecular flexibility index (Phi) is 8.92. The van der Waals surface area contributed by atoms with Gasteiger partial charge in [-0.15, -0.1) is 0 Å². The van der Waals surface area contributed by atoms with Crippen molar-refractivity contribution in [1.82, 2.24) is 5.32 Å². The molecule has 5 nitrogen and oxygen atoms in total. The zero-order valence-corrected chi connectivity index (χ0v) is 14.9. The van der Waals surface area contributed by atoms with E-state index in [1.54, 1.807) is 7.11 Å². The lowest BCUT2D eigenvalue weighted by atomic mass is 10.2. The molecule has 22 heavy (non-hydrogen) atoms. The van der Waals surface area contributed by atoms with Gasteiger partial charge in [0, 0.05) is 6.54 Å². The van der Waals surface area contributed by atoms with Crippen LogP contribution in [0, 0.1) is 0 Å². The van der Waals surface area contributed by atoms with E-state index in [2.05, 4.69) is 28.2 Å². The summed E-state index contributed by atoms with van der Waals surface area (Å²) in [4.78, 5) is 10.8. The average Bonchev–Trinajstić information content (AvgIpc) is 2.48. The van der Waals surface area contributed by atoms with Crippen molar-refractivity contribution in [3.63, 3.8) is 0 Å². The van der Waals surface area contributed by atoms with Crippen molar-refractivity contribution < 1.29 is 14.3 Å². The van der Waals surface area contributed by atoms with Gasteiger partial charge in [-0.1, -0.05) is 26.2 Å². The lowest BCUT2D eigenvalue weighted by Crippen LogP contribution is -2.20. The van der Waals surface area contributed by atoms with Gasteiger partial charge in [0.05, 0.1) is 11.6 Å². The number of methoxy groups -OCH3 is 1. The van der Waals surface area contributed by atoms with Crippen LogP contribution in [-0.2, 0) is 11.3 Å². The molecule has 0 saturated heterocycles. The number of ether oxygens (including phenoxy) is 2. The van der Waals surface area contributed by atoms with Crippen molar-refractivity contribution in [1.29, 1.82) is 0 Å². The first kappa shape index (κ1) is 18.8. The highest BCUT2D eigenvalue weighted by Gasteiger charge is 2.12. The number of nitrogens with two attached hydrogens (primary N) is 1. The molecule has 1 amide bonds. The minimum Gasteiger partial charge on any atom is -0.493 e. The highest BCUT2D eigenvalue weighted by atomic mass is 79.9. The molecular formula is C16H25BrN2O3. The molecule has 3 N–H and O–H groups in total. The van der Waals surface area contributed by atoms with E-state index in [1.165, 1.54) is 25.7 Å². The second-order valence-electron chi connectivity index (χ2n) is 5.10. The van der Waals surface area contributed by atoms with Crippen LogP contribution in [0.5, 0.6) is 11.5 Å². The van der Waals surface area contributed by atoms with Crippen molar-refractivity contribution in [2.45, 2.75) is 39.2 Å². The predicted octanol–water partition coefficient (Wildman–Crippen LogP) is 2.99. The van der Waals surface area contributed by atoms with Crippen molar-refractivity contribution in [3.05, 3.63) is 22.2 Å². The summed E-state index contributed by atoms with van der Waals surface area (Å²) in [7, 11) is 1.57. The number of rotatable bonds is 11. The molecule has 6 heteroatoms. The molecule has 0 aliphatic rings. The van der Waals surface area contributed by atoms with E-state index < -0.39 is 5.91 Å². The number of benzene rings is 1. The molecule has 1 aromatic carbocycles. The van der Waals surface area contributed by atoms with Gasteiger partial charge in [-0.25, -0.2) is 0 Å². The Balaban J connectivity index is 2.58. The highest BCUT2D eigenvalue weighted by Crippen LogP contribution is 2.36. The molecule has 0 radical (unpaired) electrons. The van der Waals surface area contributed by atoms with Gasteiger partial charge in [-0.3, -0.25) is 4.79 Å². The lowest BCUT2D eigenvalue weighted by Gasteiger charge is -2.14. The molecule has 0 atom stereocenters. The van der Waals surface area contributed by atoms with Crippen LogP contribution in [0.3, 0.4) is 0 Å². The Morgan fingerprint density at radius 2 is 2.09 bits per heavy atom. The molecule has 0 bridgehead atoms. The van der Waals surface area contributed by atoms with Gasteiger partial charge in [-0.2, -0.15) is 0 Å². The number of unbranched alkanes of at least 4 members (excludes halogenated alkanes) is 3. The van der Waals surface area contributed by atoms with Crippen LogP contribution in [0.4, 0.5) is 0 Å². The fourth-order valence-electron chi connectivity index (χ4n) is 2.07. The number of halogens is 1. The topological polar surface area (TPSA) is 73.6 Å². The molecule has 0 spiro atoms. The lowest BCUT2D eigenvalue weighted by molar-refractivity contribution is -0.119. The Morgan fingerprint density at radius 3 is 2.73 bits per heavy atom. The van der Waals surface area contributed by atoms with E-state index in [4.69, 9.17) is 15.2 Å². The summed E-state index contributed by atoms with van der Waals surface area (Å²) in [5, 5.41) is 3.42. The summed E-state index contributed by atoms with van der Waals surface area (Å²) in [5.74, 6) is 0.554. The van der Waals surface area contributed by atoms with E-state index in [1.807, 2.05) is 12.1 Å². The maximum absolute atomic E-state index is 10.8. The van der Waals surface area contributed by atoms with Gasteiger partial charge >= 0.3 is 0 Å². The zero-order valence-electron chi connectivity index (χ0n) is 13.3. The minimum atomic E-state index is -0.522. The summed E-state index contributed by atoms with van der Waals surface area (Å²) in [6, 6.07) is 3.86. The van der Waals surface area contributed by atoms with Crippen LogP contribution in [0.15, 0.2) is 16.6 Å². The fraction of sp³-hybridized carbons (Fsp3) is 0.562. The van der Waals surface area contributed by atoms with E-state index >= 15 is 0 Å². The molecule has 0 unspecified atom stereocenters. The van der Waals surface area contributed by atoms with Crippen molar-refractivity contribution >= 4 is 21.8 Å². The number of carbonyl (C=O) groups is 1. The van der Waals surface area contributed by atoms with Crippen LogP contribution in [-0.4, -0.2) is 26.2 Å². The summed E-state index contributed by atoms with van der Waals surface area (Å²) in [6.45, 7) is 3.79. The number of hydrogen-bond donors (Lipinski definition) is 2. The van der Waals surface area contributed by atoms with E-state index in [0.29, 0.717) is 11.5 Å². The molecular weight excluding hydrogens is 348 g/mol. The Morgan fingerprint density at radius 1 is 1.32 bits per heavy atom. The Hall–Kier alpha value is -1.27. The fourth-order valence-corrected chi connectivity index (χ4v) is 2.67. The van der Waals surface area contributed by atoms with E-state index in [-0.39, 0.29) is 6.61 Å². The normalized spacial score (nSPS) is 10.5. The maximum atomic E-state index is 10.8. The third kappa shape index (κ3) is 6.66. The maximum Gasteiger partial charge on any atom is 0.255 e. The second-order valence-corrected chi connectivity index (χ2v) is 5.96. The van der Waals surface area contributed by atoms with Gasteiger partial charge in [-0.05, 0) is 46.6 Å². The zero-order chi connectivity index (χ0) is 16.4. The SMILES string of the molecule is CCCCCCNCc1cc(Br)c(OCC(N)=O)c(OC)c1. The number of amides is 1. The monoisotopic (exact) mass is 372 g/mol. The molecule has 0 fully saturated rings. The second kappa shape index (κ2) is 10.5. The summed E-state index contributed by atoms with van der Waals surface area (Å²) < 4.78 is 11.4. The van der Waals surface area contributed by atoms with Crippen LogP contribution in [0.25, 0.3) is 0 Å². The number of carbonyl (C=O) groups excluding carboxylic acids is 1. The van der Waals surface area contributed by atoms with Gasteiger partial charge in [0.25, 0.3) is 5.91 Å². The first-order valence-electron chi connectivity index (χ1n) is 7.56. The number of primary amides is 1. The van der Waals surface area contributed by atoms with E-state index in [9.17, 15) is 4.79 Å². The van der Waals surface area contributed by atoms with Crippen molar-refractivity contribution in [2.24, 2.45) is 5.73 Å². The smallest absolute Gasteiger partial charge is 0.255 e. The molecule has 0 saturated carbocycles. The van der Waals surface area contributed by atoms with Crippen molar-refractivity contribution in [3.8, 4) is 11.5 Å². The molecule has 0 aliphatic heterocycles. The van der Waals surface area contributed by atoms with Crippen LogP contribution >= 0.6 is 15.9 Å². The molecule has 1 aromatic rings. The molecule has 0 aromatic heterocycles. The standard InChI is InChI=1S/C16H25BrN2O3/c1-3-4-5-6-7-19-10-12-8-13(17)16(14(9-12)21-2)22-11-15(18)20/h8-9,19H,3-7,10-11H2,1-2H3,(H2,18,20). The van der Waals surface area contributed by atoms with E-state index in [0.717, 1.165) is 23.1 Å². The minimum absolute atomic E-state index is 0.177. The quantitative estimate of drug-likeness (QED) is 0.585. The van der Waals surface area contributed by atoms with Gasteiger partial charge in [0.2, 0.25) is 0 Å². The van der Waals surface area contributed by atoms with Crippen LogP contribution < -0.4 is 20.5 Å². The first-order valence-corrected chi connectivity index (χ1v) is 8.36. The molecule has 0 aliphatic carbocycles. The largest absolute Gasteiger partial charge is 0.493 e. The Labute approximate surface area is 140 Å². The van der Waals surface area contributed by atoms with Gasteiger partial charge in [0.15, 0.2) is 18.1 Å². The summed E-state index contributed by atoms with van der Waals surface area (Å²) in [5.41, 5.74) is 6.19. The molecule has 124 valence electrons. The number of nitrogens with one attached hydrogen (secondary N) is 1. The van der Waals surface area contributed by atoms with Gasteiger partial charge < -0.3 is 20.5 Å². The average molecular weight is 373 g/mol. The number of hydrogen-bond acceptors (Lipinski definition) is 4. The molecule has 1 rings (SSSR count). The van der Waals surface area contributed by atoms with Crippen LogP contribution in [0.1, 0.15) is 38.2 Å². The van der Waals surface area contributed by atoms with Crippen molar-refractivity contribution in [2.75, 3.05) is 20.3 Å². The molecule has 0 heterocycles. The third-order valence-corrected chi connectivity index (χ3v) is 3.77. The Bertz CT molecular complexity index is 481. The van der Waals surface area contributed by atoms with Crippen LogP contribution in [0.2, 0.25) is 0 Å². The summed E-state index contributed by atoms with van der Waals surface area (Å²) in [6.07, 6.45) is 4.98. The van der Waals surface area contributed by atoms with Gasteiger partial charge in [0.1, 0.15) is 0 Å². The third-order valence-electron chi connectivity index (χ3n) is 3.18.